The van der Waals surface area contributed by atoms with Crippen LogP contribution >= 0.6 is 0 Å². The van der Waals surface area contributed by atoms with Gasteiger partial charge >= 0.3 is 0 Å². The Labute approximate surface area is 63.8 Å². The maximum Gasteiger partial charge on any atom is 0.0490 e. The molecule has 0 aliphatic heterocycles. The number of rotatable bonds is 3. The molecule has 0 bridgehead atoms. The highest BCUT2D eigenvalue weighted by Crippen LogP contribution is 2.32. The minimum absolute atomic E-state index is 0.870. The fourth-order valence-electron chi connectivity index (χ4n) is 1.94. The molecule has 0 N–H and O–H groups in total. The van der Waals surface area contributed by atoms with E-state index in [1.54, 1.807) is 7.11 Å². The molecule has 2 unspecified atom stereocenters. The molecule has 10 heavy (non-hydrogen) atoms. The van der Waals surface area contributed by atoms with Gasteiger partial charge in [-0.1, -0.05) is 19.8 Å². The summed E-state index contributed by atoms with van der Waals surface area (Å²) in [6, 6.07) is 0. The van der Waals surface area contributed by atoms with Crippen LogP contribution in [0.3, 0.4) is 0 Å². The van der Waals surface area contributed by atoms with Gasteiger partial charge in [0.05, 0.1) is 0 Å². The molecule has 0 radical (unpaired) electrons. The van der Waals surface area contributed by atoms with Crippen LogP contribution in [0.4, 0.5) is 0 Å². The summed E-state index contributed by atoms with van der Waals surface area (Å²) in [7, 11) is 1.80. The molecule has 0 aromatic rings. The Kier molecular flexibility index (Phi) is 3.20. The van der Waals surface area contributed by atoms with Crippen LogP contribution < -0.4 is 0 Å². The first-order chi connectivity index (χ1) is 4.86. The van der Waals surface area contributed by atoms with Gasteiger partial charge in [-0.2, -0.15) is 0 Å². The third-order valence-corrected chi connectivity index (χ3v) is 2.63. The molecule has 1 rings (SSSR count). The Morgan fingerprint density at radius 1 is 1.30 bits per heavy atom. The maximum absolute atomic E-state index is 5.12. The van der Waals surface area contributed by atoms with Crippen LogP contribution in [-0.4, -0.2) is 13.7 Å². The van der Waals surface area contributed by atoms with Crippen molar-refractivity contribution in [3.63, 3.8) is 0 Å². The van der Waals surface area contributed by atoms with Crippen molar-refractivity contribution in [1.82, 2.24) is 0 Å². The average molecular weight is 142 g/mol. The Balaban J connectivity index is 2.15. The number of hydrogen-bond acceptors (Lipinski definition) is 1. The zero-order chi connectivity index (χ0) is 7.40. The summed E-state index contributed by atoms with van der Waals surface area (Å²) in [5.74, 6) is 1.87. The Morgan fingerprint density at radius 2 is 2.00 bits per heavy atom. The summed E-state index contributed by atoms with van der Waals surface area (Å²) in [6.07, 6.45) is 5.60. The number of ether oxygens (including phenoxy) is 1. The van der Waals surface area contributed by atoms with Crippen molar-refractivity contribution >= 4 is 0 Å². The Morgan fingerprint density at radius 3 is 2.50 bits per heavy atom. The molecule has 0 aromatic heterocycles. The van der Waals surface area contributed by atoms with Crippen LogP contribution in [0.25, 0.3) is 0 Å². The van der Waals surface area contributed by atoms with Crippen molar-refractivity contribution in [3.05, 3.63) is 0 Å². The lowest BCUT2D eigenvalue weighted by atomic mass is 10.0. The third-order valence-electron chi connectivity index (χ3n) is 2.63. The smallest absolute Gasteiger partial charge is 0.0490 e. The van der Waals surface area contributed by atoms with Crippen LogP contribution in [0.15, 0.2) is 0 Å². The van der Waals surface area contributed by atoms with Crippen molar-refractivity contribution in [2.24, 2.45) is 11.8 Å². The van der Waals surface area contributed by atoms with Gasteiger partial charge in [-0.25, -0.2) is 0 Å². The fourth-order valence-corrected chi connectivity index (χ4v) is 1.94. The zero-order valence-corrected chi connectivity index (χ0v) is 7.10. The molecule has 0 aromatic carbocycles. The average Bonchev–Trinajstić information content (AvgIpc) is 2.37. The van der Waals surface area contributed by atoms with E-state index in [4.69, 9.17) is 4.74 Å². The molecular weight excluding hydrogens is 124 g/mol. The molecule has 1 heteroatoms. The molecule has 1 aliphatic carbocycles. The highest BCUT2D eigenvalue weighted by atomic mass is 16.5. The van der Waals surface area contributed by atoms with Crippen molar-refractivity contribution in [3.8, 4) is 0 Å². The van der Waals surface area contributed by atoms with Gasteiger partial charge < -0.3 is 4.74 Å². The number of methoxy groups -OCH3 is 1. The minimum Gasteiger partial charge on any atom is -0.384 e. The molecule has 1 aliphatic rings. The topological polar surface area (TPSA) is 9.23 Å². The Bertz CT molecular complexity index is 90.7. The fraction of sp³-hybridized carbons (Fsp3) is 1.00. The quantitative estimate of drug-likeness (QED) is 0.588. The van der Waals surface area contributed by atoms with Crippen LogP contribution in [0.1, 0.15) is 32.6 Å². The highest BCUT2D eigenvalue weighted by molar-refractivity contribution is 4.73. The highest BCUT2D eigenvalue weighted by Gasteiger charge is 2.22. The van der Waals surface area contributed by atoms with E-state index >= 15 is 0 Å². The summed E-state index contributed by atoms with van der Waals surface area (Å²) in [5.41, 5.74) is 0. The zero-order valence-electron chi connectivity index (χ0n) is 7.10. The van der Waals surface area contributed by atoms with Crippen LogP contribution in [0, 0.1) is 11.8 Å². The van der Waals surface area contributed by atoms with E-state index in [9.17, 15) is 0 Å². The van der Waals surface area contributed by atoms with E-state index in [0.717, 1.165) is 18.4 Å². The van der Waals surface area contributed by atoms with Gasteiger partial charge in [0.1, 0.15) is 0 Å². The summed E-state index contributed by atoms with van der Waals surface area (Å²) in [4.78, 5) is 0. The van der Waals surface area contributed by atoms with E-state index in [0.29, 0.717) is 0 Å². The normalized spacial score (nSPS) is 33.0. The van der Waals surface area contributed by atoms with Crippen molar-refractivity contribution < 1.29 is 4.74 Å². The third kappa shape index (κ3) is 1.98. The number of hydrogen-bond donors (Lipinski definition) is 0. The lowest BCUT2D eigenvalue weighted by Crippen LogP contribution is -2.03. The van der Waals surface area contributed by atoms with E-state index in [1.807, 2.05) is 0 Å². The second kappa shape index (κ2) is 3.97. The summed E-state index contributed by atoms with van der Waals surface area (Å²) < 4.78 is 5.12. The van der Waals surface area contributed by atoms with Gasteiger partial charge in [0.15, 0.2) is 0 Å². The summed E-state index contributed by atoms with van der Waals surface area (Å²) in [6.45, 7) is 3.27. The SMILES string of the molecule is CCC1CCC(COC)C1. The molecule has 0 spiro atoms. The van der Waals surface area contributed by atoms with Gasteiger partial charge in [-0.05, 0) is 24.7 Å². The van der Waals surface area contributed by atoms with Crippen molar-refractivity contribution in [2.45, 2.75) is 32.6 Å². The van der Waals surface area contributed by atoms with Gasteiger partial charge in [0.2, 0.25) is 0 Å². The molecule has 0 heterocycles. The van der Waals surface area contributed by atoms with E-state index < -0.39 is 0 Å². The Hall–Kier alpha value is -0.0400. The van der Waals surface area contributed by atoms with Crippen LogP contribution in [0.2, 0.25) is 0 Å². The monoisotopic (exact) mass is 142 g/mol. The van der Waals surface area contributed by atoms with E-state index in [-0.39, 0.29) is 0 Å². The van der Waals surface area contributed by atoms with E-state index in [1.165, 1.54) is 25.7 Å². The predicted molar refractivity (Wildman–Crippen MR) is 43.0 cm³/mol. The van der Waals surface area contributed by atoms with Crippen LogP contribution in [-0.2, 0) is 4.74 Å². The first-order valence-electron chi connectivity index (χ1n) is 4.35. The molecule has 0 amide bonds. The second-order valence-corrected chi connectivity index (χ2v) is 3.41. The largest absolute Gasteiger partial charge is 0.384 e. The first kappa shape index (κ1) is 8.06. The van der Waals surface area contributed by atoms with Gasteiger partial charge in [-0.3, -0.25) is 0 Å². The molecule has 1 saturated carbocycles. The van der Waals surface area contributed by atoms with E-state index in [2.05, 4.69) is 6.92 Å². The lowest BCUT2D eigenvalue weighted by molar-refractivity contribution is 0.153. The van der Waals surface area contributed by atoms with Gasteiger partial charge in [0, 0.05) is 13.7 Å². The van der Waals surface area contributed by atoms with Gasteiger partial charge in [-0.15, -0.1) is 0 Å². The lowest BCUT2D eigenvalue weighted by Gasteiger charge is -2.07. The molecule has 0 saturated heterocycles. The molecule has 2 atom stereocenters. The molecule has 1 fully saturated rings. The first-order valence-corrected chi connectivity index (χ1v) is 4.35. The summed E-state index contributed by atoms with van der Waals surface area (Å²) >= 11 is 0. The van der Waals surface area contributed by atoms with Crippen molar-refractivity contribution in [2.75, 3.05) is 13.7 Å². The summed E-state index contributed by atoms with van der Waals surface area (Å²) in [5, 5.41) is 0. The maximum atomic E-state index is 5.12. The molecule has 1 nitrogen and oxygen atoms in total. The standard InChI is InChI=1S/C9H18O/c1-3-8-4-5-9(6-8)7-10-2/h8-9H,3-7H2,1-2H3. The van der Waals surface area contributed by atoms with Crippen LogP contribution in [0.5, 0.6) is 0 Å². The van der Waals surface area contributed by atoms with Crippen molar-refractivity contribution in [1.29, 1.82) is 0 Å². The molecule has 60 valence electrons. The second-order valence-electron chi connectivity index (χ2n) is 3.41. The van der Waals surface area contributed by atoms with Gasteiger partial charge in [0.25, 0.3) is 0 Å². The minimum atomic E-state index is 0.870. The molecular formula is C9H18O. The predicted octanol–water partition coefficient (Wildman–Crippen LogP) is 2.46.